The minimum atomic E-state index is -1.54. The van der Waals surface area contributed by atoms with Crippen LogP contribution >= 0.6 is 0 Å². The fourth-order valence-corrected chi connectivity index (χ4v) is 8.68. The zero-order chi connectivity index (χ0) is 52.5. The van der Waals surface area contributed by atoms with E-state index in [1.165, 1.54) is 11.8 Å². The lowest BCUT2D eigenvalue weighted by molar-refractivity contribution is -0.143. The Morgan fingerprint density at radius 1 is 0.694 bits per heavy atom. The van der Waals surface area contributed by atoms with E-state index in [2.05, 4.69) is 47.2 Å². The number of nitrogens with two attached hydrogens (primary N) is 2. The Hall–Kier alpha value is -7.33. The van der Waals surface area contributed by atoms with Crippen molar-refractivity contribution >= 4 is 75.0 Å². The first-order valence-electron chi connectivity index (χ1n) is 24.6. The molecule has 0 bridgehead atoms. The van der Waals surface area contributed by atoms with Gasteiger partial charge in [0, 0.05) is 60.0 Å². The van der Waals surface area contributed by atoms with Crippen molar-refractivity contribution in [2.45, 2.75) is 128 Å². The molecule has 0 aliphatic carbocycles. The largest absolute Gasteiger partial charge is 0.391 e. The lowest BCUT2D eigenvalue weighted by Crippen LogP contribution is -2.60. The zero-order valence-electron chi connectivity index (χ0n) is 41.3. The van der Waals surface area contributed by atoms with Crippen molar-refractivity contribution in [3.8, 4) is 0 Å². The second-order valence-corrected chi connectivity index (χ2v) is 18.3. The van der Waals surface area contributed by atoms with E-state index in [0.717, 1.165) is 27.4 Å². The summed E-state index contributed by atoms with van der Waals surface area (Å²) in [5.41, 5.74) is 14.0. The van der Waals surface area contributed by atoms with E-state index in [1.54, 1.807) is 25.4 Å². The summed E-state index contributed by atoms with van der Waals surface area (Å²) in [6, 6.07) is 7.69. The summed E-state index contributed by atoms with van der Waals surface area (Å²) in [6.07, 6.45) is 4.47. The van der Waals surface area contributed by atoms with E-state index < -0.39 is 103 Å². The molecule has 1 aliphatic heterocycles. The van der Waals surface area contributed by atoms with Crippen molar-refractivity contribution < 1.29 is 48.3 Å². The topological polar surface area (TPSA) is 345 Å². The summed E-state index contributed by atoms with van der Waals surface area (Å²) >= 11 is 0. The first kappa shape index (κ1) is 55.6. The van der Waals surface area contributed by atoms with Crippen molar-refractivity contribution in [1.29, 1.82) is 0 Å². The molecule has 2 aromatic heterocycles. The summed E-state index contributed by atoms with van der Waals surface area (Å²) < 4.78 is 0. The number of amides is 9. The Balaban J connectivity index is 1.27. The quantitative estimate of drug-likeness (QED) is 0.0339. The molecule has 0 saturated carbocycles. The molecule has 0 radical (unpaired) electrons. The van der Waals surface area contributed by atoms with Gasteiger partial charge in [0.05, 0.1) is 19.2 Å². The van der Waals surface area contributed by atoms with Gasteiger partial charge in [-0.15, -0.1) is 0 Å². The van der Waals surface area contributed by atoms with Gasteiger partial charge in [0.15, 0.2) is 0 Å². The smallest absolute Gasteiger partial charge is 0.246 e. The average Bonchev–Trinajstić information content (AvgIpc) is 4.14. The molecule has 9 amide bonds. The third-order valence-electron chi connectivity index (χ3n) is 12.9. The van der Waals surface area contributed by atoms with Crippen LogP contribution in [0.3, 0.4) is 0 Å². The van der Waals surface area contributed by atoms with Gasteiger partial charge in [0.2, 0.25) is 53.2 Å². The minimum absolute atomic E-state index is 0.0876. The van der Waals surface area contributed by atoms with E-state index >= 15 is 0 Å². The molecule has 8 atom stereocenters. The van der Waals surface area contributed by atoms with Crippen LogP contribution in [0.15, 0.2) is 60.9 Å². The van der Waals surface area contributed by atoms with Crippen LogP contribution in [0.4, 0.5) is 0 Å². The number of carbonyl (C=O) groups excluding carboxylic acids is 9. The predicted octanol–water partition coefficient (Wildman–Crippen LogP) is -0.467. The number of primary amides is 1. The number of aliphatic hydroxyl groups is 1. The van der Waals surface area contributed by atoms with Crippen molar-refractivity contribution in [2.24, 2.45) is 17.4 Å². The third-order valence-corrected chi connectivity index (χ3v) is 12.9. The van der Waals surface area contributed by atoms with Crippen LogP contribution in [0.1, 0.15) is 83.8 Å². The normalized spacial score (nSPS) is 16.3. The van der Waals surface area contributed by atoms with Gasteiger partial charge in [-0.25, -0.2) is 0 Å². The number of hydrogen-bond acceptors (Lipinski definition) is 11. The Morgan fingerprint density at radius 2 is 1.25 bits per heavy atom. The fourth-order valence-electron chi connectivity index (χ4n) is 8.68. The molecule has 0 spiro atoms. The molecule has 1 aliphatic rings. The van der Waals surface area contributed by atoms with E-state index in [0.29, 0.717) is 37.8 Å². The van der Waals surface area contributed by atoms with Gasteiger partial charge in [-0.3, -0.25) is 43.2 Å². The molecule has 1 fully saturated rings. The molecular weight excluding hydrogens is 929 g/mol. The molecule has 14 N–H and O–H groups in total. The maximum atomic E-state index is 14.4. The first-order chi connectivity index (χ1) is 34.4. The second kappa shape index (κ2) is 26.8. The van der Waals surface area contributed by atoms with Gasteiger partial charge < -0.3 is 68.7 Å². The molecule has 5 rings (SSSR count). The number of fused-ring (bicyclic) bond motifs is 2. The lowest BCUT2D eigenvalue weighted by atomic mass is 9.96. The molecule has 3 heterocycles. The van der Waals surface area contributed by atoms with Crippen LogP contribution in [0.25, 0.3) is 21.8 Å². The molecule has 390 valence electrons. The highest BCUT2D eigenvalue weighted by Gasteiger charge is 2.40. The number of rotatable bonds is 27. The lowest BCUT2D eigenvalue weighted by Gasteiger charge is -2.32. The summed E-state index contributed by atoms with van der Waals surface area (Å²) in [6.45, 7) is 6.00. The van der Waals surface area contributed by atoms with Crippen LogP contribution < -0.4 is 48.7 Å². The molecule has 22 heteroatoms. The van der Waals surface area contributed by atoms with Crippen LogP contribution in [-0.4, -0.2) is 142 Å². The Morgan fingerprint density at radius 3 is 1.81 bits per heavy atom. The number of para-hydroxylation sites is 2. The molecule has 72 heavy (non-hydrogen) atoms. The van der Waals surface area contributed by atoms with Gasteiger partial charge in [-0.05, 0) is 74.8 Å². The number of nitrogens with zero attached hydrogens (tertiary/aromatic N) is 1. The summed E-state index contributed by atoms with van der Waals surface area (Å²) in [7, 11) is 0. The van der Waals surface area contributed by atoms with Gasteiger partial charge in [0.25, 0.3) is 0 Å². The first-order valence-corrected chi connectivity index (χ1v) is 24.6. The Labute approximate surface area is 417 Å². The predicted molar refractivity (Wildman–Crippen MR) is 268 cm³/mol. The number of H-pyrrole nitrogens is 2. The molecule has 2 aromatic carbocycles. The van der Waals surface area contributed by atoms with E-state index in [-0.39, 0.29) is 50.5 Å². The number of aliphatic hydroxyl groups excluding tert-OH is 1. The van der Waals surface area contributed by atoms with Crippen molar-refractivity contribution in [1.82, 2.24) is 52.1 Å². The number of likely N-dealkylation sites (tertiary alicyclic amines) is 1. The maximum absolute atomic E-state index is 14.4. The zero-order valence-corrected chi connectivity index (χ0v) is 41.3. The van der Waals surface area contributed by atoms with Gasteiger partial charge in [0.1, 0.15) is 36.3 Å². The van der Waals surface area contributed by atoms with Crippen molar-refractivity contribution in [2.75, 3.05) is 26.2 Å². The number of carbonyl (C=O) groups is 9. The number of aromatic amines is 2. The second-order valence-electron chi connectivity index (χ2n) is 18.3. The molecule has 1 saturated heterocycles. The minimum Gasteiger partial charge on any atom is -0.391 e. The van der Waals surface area contributed by atoms with Crippen LogP contribution in [0.5, 0.6) is 0 Å². The molecule has 22 nitrogen and oxygen atoms in total. The summed E-state index contributed by atoms with van der Waals surface area (Å²) in [5, 5.41) is 30.5. The Kier molecular flexibility index (Phi) is 20.7. The third kappa shape index (κ3) is 15.1. The van der Waals surface area contributed by atoms with E-state index in [4.69, 9.17) is 11.5 Å². The number of hydrogen-bond donors (Lipinski definition) is 12. The maximum Gasteiger partial charge on any atom is 0.246 e. The Bertz CT molecular complexity index is 2560. The summed E-state index contributed by atoms with van der Waals surface area (Å²) in [4.78, 5) is 129. The molecular formula is C50H70N12O10. The van der Waals surface area contributed by atoms with Crippen LogP contribution in [0, 0.1) is 5.92 Å². The molecule has 4 aromatic rings. The highest BCUT2D eigenvalue weighted by molar-refractivity contribution is 5.98. The van der Waals surface area contributed by atoms with Crippen molar-refractivity contribution in [3.05, 3.63) is 72.1 Å². The fraction of sp³-hybridized carbons (Fsp3) is 0.500. The SMILES string of the molecule is CCC(=O)N[C@@H](Cc1c[nH]c2ccccc12)C(=O)N[C@H](C(=O)N1CCC[C@@H]1C(=O)NCC(=O)N[C@@H](CCCCN)C(=O)N[C@@H](Cc1c[nH]c2ccccc12)C(=O)N[C@H](C(=O)NCC(N)=O)[C@@H](C)O)[C@@H](C)CC. The standard InChI is InChI=1S/C50H70N12O10/c1-5-28(3)43(60-46(68)37(58-41(65)6-2)22-30-24-53-34-16-9-7-14-32(30)34)50(72)62-21-13-19-39(62)48(70)56-27-42(66)57-36(18-11-12-20-51)45(67)59-38(23-31-25-54-35-17-10-8-15-33(31)35)47(69)61-44(29(4)63)49(71)55-26-40(52)64/h7-10,14-17,24-25,28-29,36-39,43-44,53-54,63H,5-6,11-13,18-23,26-27,51H2,1-4H3,(H2,52,64)(H,55,71)(H,56,70)(H,57,66)(H,58,65)(H,59,67)(H,60,68)(H,61,69)/t28-,29+,36-,37-,38-,39+,43-,44-/m0/s1. The number of nitrogens with one attached hydrogen (secondary N) is 9. The number of aromatic nitrogens is 2. The number of unbranched alkanes of at least 4 members (excludes halogenated alkanes) is 1. The summed E-state index contributed by atoms with van der Waals surface area (Å²) in [5.74, 6) is -6.47. The number of benzene rings is 2. The average molecular weight is 999 g/mol. The van der Waals surface area contributed by atoms with Gasteiger partial charge >= 0.3 is 0 Å². The van der Waals surface area contributed by atoms with Gasteiger partial charge in [-0.1, -0.05) is 63.6 Å². The highest BCUT2D eigenvalue weighted by Crippen LogP contribution is 2.24. The van der Waals surface area contributed by atoms with E-state index in [9.17, 15) is 48.3 Å². The van der Waals surface area contributed by atoms with Crippen molar-refractivity contribution in [3.63, 3.8) is 0 Å². The van der Waals surface area contributed by atoms with Crippen LogP contribution in [0.2, 0.25) is 0 Å². The monoisotopic (exact) mass is 999 g/mol. The molecule has 0 unspecified atom stereocenters. The van der Waals surface area contributed by atoms with Crippen LogP contribution in [-0.2, 0) is 56.0 Å². The highest BCUT2D eigenvalue weighted by atomic mass is 16.3. The van der Waals surface area contributed by atoms with E-state index in [1.807, 2.05) is 56.3 Å². The van der Waals surface area contributed by atoms with Gasteiger partial charge in [-0.2, -0.15) is 0 Å².